The Hall–Kier alpha value is -2.64. The lowest BCUT2D eigenvalue weighted by Crippen LogP contribution is -2.40. The Morgan fingerprint density at radius 1 is 1.03 bits per heavy atom. The molecule has 0 radical (unpaired) electrons. The van der Waals surface area contributed by atoms with Gasteiger partial charge in [0.15, 0.2) is 11.5 Å². The van der Waals surface area contributed by atoms with Gasteiger partial charge in [0, 0.05) is 18.5 Å². The summed E-state index contributed by atoms with van der Waals surface area (Å²) < 4.78 is 37.8. The Morgan fingerprint density at radius 2 is 1.67 bits per heavy atom. The number of sulfonamides is 1. The summed E-state index contributed by atoms with van der Waals surface area (Å²) in [5, 5.41) is 1.22. The van der Waals surface area contributed by atoms with Crippen LogP contribution in [0.1, 0.15) is 31.7 Å². The molecule has 160 valence electrons. The molecular weight excluding hydrogens is 402 g/mol. The standard InChI is InChI=1S/C23H27NO5S/c1-2-17-28-21-10-6-7-11-22(21)29-23(25)20-12-15-24(16-13-20)30(26,27)18-14-19-8-4-3-5-9-19/h3-11,14,18,20H,2,12-13,15-17H2,1H3/b18-14+. The zero-order chi connectivity index (χ0) is 21.4. The van der Waals surface area contributed by atoms with Gasteiger partial charge in [-0.3, -0.25) is 4.79 Å². The minimum absolute atomic E-state index is 0.287. The predicted molar refractivity (Wildman–Crippen MR) is 117 cm³/mol. The van der Waals surface area contributed by atoms with E-state index >= 15 is 0 Å². The molecule has 0 atom stereocenters. The van der Waals surface area contributed by atoms with Crippen LogP contribution in [0.5, 0.6) is 11.5 Å². The number of rotatable bonds is 8. The van der Waals surface area contributed by atoms with Gasteiger partial charge in [-0.2, -0.15) is 4.31 Å². The molecule has 2 aromatic carbocycles. The number of carbonyl (C=O) groups is 1. The molecule has 30 heavy (non-hydrogen) atoms. The molecule has 7 heteroatoms. The Kier molecular flexibility index (Phi) is 7.65. The van der Waals surface area contributed by atoms with Crippen molar-refractivity contribution in [1.29, 1.82) is 0 Å². The molecule has 1 aliphatic heterocycles. The second kappa shape index (κ2) is 10.4. The van der Waals surface area contributed by atoms with Crippen LogP contribution in [0.25, 0.3) is 6.08 Å². The van der Waals surface area contributed by atoms with Crippen LogP contribution < -0.4 is 9.47 Å². The molecule has 0 N–H and O–H groups in total. The third kappa shape index (κ3) is 5.93. The second-order valence-electron chi connectivity index (χ2n) is 7.15. The molecule has 0 amide bonds. The van der Waals surface area contributed by atoms with Crippen molar-refractivity contribution in [3.63, 3.8) is 0 Å². The Bertz CT molecular complexity index is 964. The highest BCUT2D eigenvalue weighted by Crippen LogP contribution is 2.29. The first-order valence-corrected chi connectivity index (χ1v) is 11.7. The molecule has 0 bridgehead atoms. The highest BCUT2D eigenvalue weighted by Gasteiger charge is 2.31. The van der Waals surface area contributed by atoms with Crippen molar-refractivity contribution < 1.29 is 22.7 Å². The molecule has 0 saturated carbocycles. The van der Waals surface area contributed by atoms with E-state index in [2.05, 4.69) is 0 Å². The fourth-order valence-electron chi connectivity index (χ4n) is 3.22. The van der Waals surface area contributed by atoms with Gasteiger partial charge >= 0.3 is 5.97 Å². The van der Waals surface area contributed by atoms with E-state index in [1.807, 2.05) is 43.3 Å². The van der Waals surface area contributed by atoms with Gasteiger partial charge < -0.3 is 9.47 Å². The fourth-order valence-corrected chi connectivity index (χ4v) is 4.44. The second-order valence-corrected chi connectivity index (χ2v) is 8.97. The predicted octanol–water partition coefficient (Wildman–Crippen LogP) is 4.09. The number of ether oxygens (including phenoxy) is 2. The highest BCUT2D eigenvalue weighted by atomic mass is 32.2. The van der Waals surface area contributed by atoms with Gasteiger partial charge in [-0.25, -0.2) is 8.42 Å². The summed E-state index contributed by atoms with van der Waals surface area (Å²) >= 11 is 0. The van der Waals surface area contributed by atoms with Gasteiger partial charge in [0.25, 0.3) is 0 Å². The fraction of sp³-hybridized carbons (Fsp3) is 0.348. The maximum atomic E-state index is 12.6. The zero-order valence-electron chi connectivity index (χ0n) is 17.1. The molecule has 2 aromatic rings. The van der Waals surface area contributed by atoms with E-state index in [1.54, 1.807) is 24.3 Å². The average molecular weight is 430 g/mol. The normalized spacial score (nSPS) is 15.9. The SMILES string of the molecule is CCCOc1ccccc1OC(=O)C1CCN(S(=O)(=O)/C=C/c2ccccc2)CC1. The first-order chi connectivity index (χ1) is 14.5. The van der Waals surface area contributed by atoms with Crippen LogP contribution in [0.2, 0.25) is 0 Å². The lowest BCUT2D eigenvalue weighted by molar-refractivity contribution is -0.140. The summed E-state index contributed by atoms with van der Waals surface area (Å²) in [6, 6.07) is 16.4. The van der Waals surface area contributed by atoms with Crippen molar-refractivity contribution in [3.05, 3.63) is 65.6 Å². The van der Waals surface area contributed by atoms with Gasteiger partial charge in [0.1, 0.15) is 0 Å². The quantitative estimate of drug-likeness (QED) is 0.467. The van der Waals surface area contributed by atoms with Gasteiger partial charge in [-0.05, 0) is 43.0 Å². The number of para-hydroxylation sites is 2. The molecule has 3 rings (SSSR count). The first kappa shape index (κ1) is 22.1. The third-order valence-electron chi connectivity index (χ3n) is 4.90. The molecule has 0 aliphatic carbocycles. The van der Waals surface area contributed by atoms with Crippen LogP contribution in [0.15, 0.2) is 60.0 Å². The molecule has 0 aromatic heterocycles. The monoisotopic (exact) mass is 429 g/mol. The minimum Gasteiger partial charge on any atom is -0.490 e. The van der Waals surface area contributed by atoms with Crippen molar-refractivity contribution in [3.8, 4) is 11.5 Å². The van der Waals surface area contributed by atoms with Crippen LogP contribution in [0.4, 0.5) is 0 Å². The Labute approximate surface area is 178 Å². The third-order valence-corrected chi connectivity index (χ3v) is 6.47. The summed E-state index contributed by atoms with van der Waals surface area (Å²) in [7, 11) is -3.53. The van der Waals surface area contributed by atoms with Crippen molar-refractivity contribution in [1.82, 2.24) is 4.31 Å². The van der Waals surface area contributed by atoms with Crippen molar-refractivity contribution >= 4 is 22.1 Å². The minimum atomic E-state index is -3.53. The van der Waals surface area contributed by atoms with Crippen molar-refractivity contribution in [2.75, 3.05) is 19.7 Å². The first-order valence-electron chi connectivity index (χ1n) is 10.2. The largest absolute Gasteiger partial charge is 0.490 e. The molecular formula is C23H27NO5S. The van der Waals surface area contributed by atoms with Crippen LogP contribution >= 0.6 is 0 Å². The molecule has 0 spiro atoms. The van der Waals surface area contributed by atoms with E-state index in [0.717, 1.165) is 12.0 Å². The summed E-state index contributed by atoms with van der Waals surface area (Å²) in [6.07, 6.45) is 3.29. The molecule has 0 unspecified atom stereocenters. The van der Waals surface area contributed by atoms with Crippen molar-refractivity contribution in [2.45, 2.75) is 26.2 Å². The van der Waals surface area contributed by atoms with Crippen LogP contribution in [0.3, 0.4) is 0 Å². The molecule has 6 nitrogen and oxygen atoms in total. The smallest absolute Gasteiger partial charge is 0.314 e. The lowest BCUT2D eigenvalue weighted by atomic mass is 9.98. The molecule has 1 fully saturated rings. The van der Waals surface area contributed by atoms with E-state index in [-0.39, 0.29) is 25.0 Å². The maximum Gasteiger partial charge on any atom is 0.314 e. The van der Waals surface area contributed by atoms with E-state index < -0.39 is 10.0 Å². The number of nitrogens with zero attached hydrogens (tertiary/aromatic N) is 1. The Balaban J connectivity index is 1.56. The van der Waals surface area contributed by atoms with E-state index in [9.17, 15) is 13.2 Å². The number of benzene rings is 2. The van der Waals surface area contributed by atoms with Gasteiger partial charge in [0.05, 0.1) is 12.5 Å². The zero-order valence-corrected chi connectivity index (χ0v) is 17.9. The summed E-state index contributed by atoms with van der Waals surface area (Å²) in [5.74, 6) is 0.253. The average Bonchev–Trinajstić information content (AvgIpc) is 2.78. The van der Waals surface area contributed by atoms with Crippen LogP contribution in [-0.2, 0) is 14.8 Å². The van der Waals surface area contributed by atoms with E-state index in [1.165, 1.54) is 9.71 Å². The number of hydrogen-bond acceptors (Lipinski definition) is 5. The number of hydrogen-bond donors (Lipinski definition) is 0. The van der Waals surface area contributed by atoms with Gasteiger partial charge in [-0.15, -0.1) is 0 Å². The Morgan fingerprint density at radius 3 is 2.33 bits per heavy atom. The van der Waals surface area contributed by atoms with E-state index in [0.29, 0.717) is 30.9 Å². The lowest BCUT2D eigenvalue weighted by Gasteiger charge is -2.29. The van der Waals surface area contributed by atoms with Crippen molar-refractivity contribution in [2.24, 2.45) is 5.92 Å². The summed E-state index contributed by atoms with van der Waals surface area (Å²) in [4.78, 5) is 12.6. The summed E-state index contributed by atoms with van der Waals surface area (Å²) in [5.41, 5.74) is 0.823. The number of piperidine rings is 1. The topological polar surface area (TPSA) is 72.9 Å². The van der Waals surface area contributed by atoms with Gasteiger partial charge in [0.2, 0.25) is 10.0 Å². The molecule has 1 heterocycles. The summed E-state index contributed by atoms with van der Waals surface area (Å²) in [6.45, 7) is 3.12. The molecule has 1 saturated heterocycles. The van der Waals surface area contributed by atoms with E-state index in [4.69, 9.17) is 9.47 Å². The maximum absolute atomic E-state index is 12.6. The number of esters is 1. The van der Waals surface area contributed by atoms with Crippen LogP contribution in [-0.4, -0.2) is 38.4 Å². The molecule has 1 aliphatic rings. The van der Waals surface area contributed by atoms with Gasteiger partial charge in [-0.1, -0.05) is 49.4 Å². The highest BCUT2D eigenvalue weighted by molar-refractivity contribution is 7.92. The number of carbonyl (C=O) groups excluding carboxylic acids is 1. The van der Waals surface area contributed by atoms with Crippen LogP contribution in [0, 0.1) is 5.92 Å².